The number of aliphatic hydroxyl groups is 1. The monoisotopic (exact) mass is 262 g/mol. The molecule has 1 saturated heterocycles. The lowest BCUT2D eigenvalue weighted by Crippen LogP contribution is -2.36. The van der Waals surface area contributed by atoms with Gasteiger partial charge in [-0.05, 0) is 45.3 Å². The van der Waals surface area contributed by atoms with Crippen molar-refractivity contribution in [1.29, 1.82) is 0 Å². The van der Waals surface area contributed by atoms with E-state index in [2.05, 4.69) is 42.3 Å². The van der Waals surface area contributed by atoms with Gasteiger partial charge in [-0.25, -0.2) is 0 Å². The van der Waals surface area contributed by atoms with Crippen LogP contribution in [0.5, 0.6) is 0 Å². The van der Waals surface area contributed by atoms with Crippen molar-refractivity contribution in [3.05, 3.63) is 34.9 Å². The zero-order chi connectivity index (χ0) is 13.7. The molecule has 0 aliphatic carbocycles. The van der Waals surface area contributed by atoms with Crippen molar-refractivity contribution in [3.8, 4) is 0 Å². The molecule has 2 rings (SSSR count). The molecule has 1 unspecified atom stereocenters. The van der Waals surface area contributed by atoms with Crippen LogP contribution in [-0.2, 0) is 6.54 Å². The standard InChI is InChI=1S/C16H26N2O/c1-13-7-14(2)9-15(8-13)10-17-11-16(19)12-18-5-3-4-6-18/h7-9,16-17,19H,3-6,10-12H2,1-2H3. The average molecular weight is 262 g/mol. The molecule has 0 saturated carbocycles. The van der Waals surface area contributed by atoms with E-state index in [1.165, 1.54) is 29.5 Å². The lowest BCUT2D eigenvalue weighted by Gasteiger charge is -2.19. The Labute approximate surface area is 116 Å². The molecule has 0 amide bonds. The van der Waals surface area contributed by atoms with Crippen molar-refractivity contribution < 1.29 is 5.11 Å². The average Bonchev–Trinajstić information content (AvgIpc) is 2.80. The first-order valence-corrected chi connectivity index (χ1v) is 7.32. The highest BCUT2D eigenvalue weighted by molar-refractivity contribution is 5.28. The Balaban J connectivity index is 1.70. The number of hydrogen-bond donors (Lipinski definition) is 2. The van der Waals surface area contributed by atoms with Crippen LogP contribution >= 0.6 is 0 Å². The van der Waals surface area contributed by atoms with Gasteiger partial charge in [-0.15, -0.1) is 0 Å². The molecule has 3 nitrogen and oxygen atoms in total. The largest absolute Gasteiger partial charge is 0.390 e. The van der Waals surface area contributed by atoms with Crippen LogP contribution in [0.25, 0.3) is 0 Å². The number of nitrogens with one attached hydrogen (secondary N) is 1. The Hall–Kier alpha value is -0.900. The van der Waals surface area contributed by atoms with Crippen molar-refractivity contribution >= 4 is 0 Å². The van der Waals surface area contributed by atoms with E-state index < -0.39 is 0 Å². The molecule has 1 heterocycles. The quantitative estimate of drug-likeness (QED) is 0.821. The first-order chi connectivity index (χ1) is 9.13. The number of β-amino-alcohol motifs (C(OH)–C–C–N with tert-alkyl or cyclic N) is 1. The van der Waals surface area contributed by atoms with Gasteiger partial charge < -0.3 is 15.3 Å². The van der Waals surface area contributed by atoms with Gasteiger partial charge >= 0.3 is 0 Å². The molecule has 1 fully saturated rings. The van der Waals surface area contributed by atoms with E-state index in [-0.39, 0.29) is 6.10 Å². The van der Waals surface area contributed by atoms with Crippen LogP contribution in [0.15, 0.2) is 18.2 Å². The van der Waals surface area contributed by atoms with Crippen LogP contribution in [0.4, 0.5) is 0 Å². The second-order valence-corrected chi connectivity index (χ2v) is 5.79. The number of benzene rings is 1. The van der Waals surface area contributed by atoms with E-state index in [0.29, 0.717) is 6.54 Å². The maximum absolute atomic E-state index is 9.99. The summed E-state index contributed by atoms with van der Waals surface area (Å²) in [4.78, 5) is 2.35. The number of rotatable bonds is 6. The normalized spacial score (nSPS) is 17.8. The van der Waals surface area contributed by atoms with E-state index in [0.717, 1.165) is 26.2 Å². The summed E-state index contributed by atoms with van der Waals surface area (Å²) in [5.41, 5.74) is 3.90. The van der Waals surface area contributed by atoms with E-state index in [1.807, 2.05) is 0 Å². The molecule has 1 atom stereocenters. The molecule has 3 heteroatoms. The Morgan fingerprint density at radius 2 is 1.79 bits per heavy atom. The highest BCUT2D eigenvalue weighted by Crippen LogP contribution is 2.09. The highest BCUT2D eigenvalue weighted by Gasteiger charge is 2.15. The third-order valence-corrected chi connectivity index (χ3v) is 3.66. The number of aliphatic hydroxyl groups excluding tert-OH is 1. The van der Waals surface area contributed by atoms with Crippen LogP contribution in [0.3, 0.4) is 0 Å². The van der Waals surface area contributed by atoms with E-state index in [1.54, 1.807) is 0 Å². The first-order valence-electron chi connectivity index (χ1n) is 7.32. The molecular weight excluding hydrogens is 236 g/mol. The SMILES string of the molecule is Cc1cc(C)cc(CNCC(O)CN2CCCC2)c1. The summed E-state index contributed by atoms with van der Waals surface area (Å²) in [6.45, 7) is 8.85. The fourth-order valence-electron chi connectivity index (χ4n) is 2.88. The topological polar surface area (TPSA) is 35.5 Å². The Bertz CT molecular complexity index is 379. The van der Waals surface area contributed by atoms with Crippen LogP contribution in [0, 0.1) is 13.8 Å². The Morgan fingerprint density at radius 3 is 2.42 bits per heavy atom. The van der Waals surface area contributed by atoms with Crippen molar-refractivity contribution in [1.82, 2.24) is 10.2 Å². The summed E-state index contributed by atoms with van der Waals surface area (Å²) in [5, 5.41) is 13.3. The third kappa shape index (κ3) is 4.94. The van der Waals surface area contributed by atoms with Crippen LogP contribution in [-0.4, -0.2) is 42.3 Å². The predicted molar refractivity (Wildman–Crippen MR) is 79.3 cm³/mol. The van der Waals surface area contributed by atoms with Gasteiger partial charge in [0.2, 0.25) is 0 Å². The fourth-order valence-corrected chi connectivity index (χ4v) is 2.88. The van der Waals surface area contributed by atoms with E-state index in [9.17, 15) is 5.11 Å². The molecule has 1 aromatic rings. The maximum atomic E-state index is 9.99. The lowest BCUT2D eigenvalue weighted by molar-refractivity contribution is 0.123. The Kier molecular flexibility index (Phi) is 5.37. The van der Waals surface area contributed by atoms with Crippen molar-refractivity contribution in [2.75, 3.05) is 26.2 Å². The summed E-state index contributed by atoms with van der Waals surface area (Å²) in [6, 6.07) is 6.59. The van der Waals surface area contributed by atoms with Crippen LogP contribution in [0.2, 0.25) is 0 Å². The molecule has 1 aromatic carbocycles. The van der Waals surface area contributed by atoms with E-state index in [4.69, 9.17) is 0 Å². The second kappa shape index (κ2) is 7.04. The highest BCUT2D eigenvalue weighted by atomic mass is 16.3. The molecular formula is C16H26N2O. The lowest BCUT2D eigenvalue weighted by atomic mass is 10.1. The van der Waals surface area contributed by atoms with Gasteiger partial charge in [0, 0.05) is 19.6 Å². The van der Waals surface area contributed by atoms with Gasteiger partial charge in [0.05, 0.1) is 6.10 Å². The summed E-state index contributed by atoms with van der Waals surface area (Å²) >= 11 is 0. The zero-order valence-electron chi connectivity index (χ0n) is 12.2. The number of nitrogens with zero attached hydrogens (tertiary/aromatic N) is 1. The zero-order valence-corrected chi connectivity index (χ0v) is 12.2. The smallest absolute Gasteiger partial charge is 0.0791 e. The summed E-state index contributed by atoms with van der Waals surface area (Å²) in [6.07, 6.45) is 2.30. The molecule has 0 bridgehead atoms. The minimum Gasteiger partial charge on any atom is -0.390 e. The summed E-state index contributed by atoms with van der Waals surface area (Å²) in [7, 11) is 0. The summed E-state index contributed by atoms with van der Waals surface area (Å²) < 4.78 is 0. The molecule has 1 aliphatic heterocycles. The molecule has 2 N–H and O–H groups in total. The first kappa shape index (κ1) is 14.5. The van der Waals surface area contributed by atoms with Crippen molar-refractivity contribution in [2.45, 2.75) is 39.3 Å². The predicted octanol–water partition coefficient (Wildman–Crippen LogP) is 1.85. The van der Waals surface area contributed by atoms with Crippen molar-refractivity contribution in [3.63, 3.8) is 0 Å². The van der Waals surface area contributed by atoms with Gasteiger partial charge in [0.25, 0.3) is 0 Å². The number of aryl methyl sites for hydroxylation is 2. The van der Waals surface area contributed by atoms with Gasteiger partial charge in [0.15, 0.2) is 0 Å². The van der Waals surface area contributed by atoms with Gasteiger partial charge in [0.1, 0.15) is 0 Å². The number of hydrogen-bond acceptors (Lipinski definition) is 3. The minimum absolute atomic E-state index is 0.260. The molecule has 0 radical (unpaired) electrons. The molecule has 19 heavy (non-hydrogen) atoms. The molecule has 106 valence electrons. The van der Waals surface area contributed by atoms with Gasteiger partial charge in [-0.1, -0.05) is 29.3 Å². The van der Waals surface area contributed by atoms with Crippen molar-refractivity contribution in [2.24, 2.45) is 0 Å². The summed E-state index contributed by atoms with van der Waals surface area (Å²) in [5.74, 6) is 0. The second-order valence-electron chi connectivity index (χ2n) is 5.79. The minimum atomic E-state index is -0.260. The van der Waals surface area contributed by atoms with Crippen LogP contribution in [0.1, 0.15) is 29.5 Å². The fraction of sp³-hybridized carbons (Fsp3) is 0.625. The van der Waals surface area contributed by atoms with E-state index >= 15 is 0 Å². The molecule has 1 aliphatic rings. The molecule has 0 aromatic heterocycles. The number of likely N-dealkylation sites (tertiary alicyclic amines) is 1. The van der Waals surface area contributed by atoms with Gasteiger partial charge in [-0.3, -0.25) is 0 Å². The molecule has 0 spiro atoms. The maximum Gasteiger partial charge on any atom is 0.0791 e. The van der Waals surface area contributed by atoms with Gasteiger partial charge in [-0.2, -0.15) is 0 Å². The third-order valence-electron chi connectivity index (χ3n) is 3.66. The van der Waals surface area contributed by atoms with Crippen LogP contribution < -0.4 is 5.32 Å². The Morgan fingerprint density at radius 1 is 1.16 bits per heavy atom.